The quantitative estimate of drug-likeness (QED) is 0.652. The number of aldehydes is 1. The van der Waals surface area contributed by atoms with Gasteiger partial charge in [0.15, 0.2) is 0 Å². The molecule has 1 aromatic carbocycles. The Morgan fingerprint density at radius 3 is 2.71 bits per heavy atom. The van der Waals surface area contributed by atoms with Crippen molar-refractivity contribution in [3.63, 3.8) is 0 Å². The highest BCUT2D eigenvalue weighted by atomic mass is 16.1. The van der Waals surface area contributed by atoms with Crippen LogP contribution in [0.25, 0.3) is 0 Å². The number of hydrogen-bond acceptors (Lipinski definition) is 1. The molecule has 1 nitrogen and oxygen atoms in total. The van der Waals surface area contributed by atoms with E-state index in [0.29, 0.717) is 5.92 Å². The second-order valence-electron chi connectivity index (χ2n) is 4.47. The first-order valence-corrected chi connectivity index (χ1v) is 5.25. The summed E-state index contributed by atoms with van der Waals surface area (Å²) in [4.78, 5) is 11.3. The molecule has 1 aromatic rings. The van der Waals surface area contributed by atoms with Gasteiger partial charge in [-0.15, -0.1) is 0 Å². The Labute approximate surface area is 85.1 Å². The number of carbonyl (C=O) groups is 1. The number of benzene rings is 1. The lowest BCUT2D eigenvalue weighted by Gasteiger charge is -2.28. The van der Waals surface area contributed by atoms with Crippen molar-refractivity contribution >= 4 is 6.29 Å². The molecule has 2 rings (SSSR count). The van der Waals surface area contributed by atoms with Crippen LogP contribution < -0.4 is 0 Å². The molecule has 14 heavy (non-hydrogen) atoms. The molecule has 1 aliphatic carbocycles. The predicted molar refractivity (Wildman–Crippen MR) is 57.3 cm³/mol. The summed E-state index contributed by atoms with van der Waals surface area (Å²) in [7, 11) is 0. The summed E-state index contributed by atoms with van der Waals surface area (Å²) in [6.07, 6.45) is 3.18. The van der Waals surface area contributed by atoms with Crippen molar-refractivity contribution < 1.29 is 4.79 Å². The summed E-state index contributed by atoms with van der Waals surface area (Å²) in [6, 6.07) is 8.34. The molecular weight excluding hydrogens is 172 g/mol. The van der Waals surface area contributed by atoms with Crippen LogP contribution in [0.2, 0.25) is 0 Å². The molecule has 0 radical (unpaired) electrons. The van der Waals surface area contributed by atoms with Crippen molar-refractivity contribution in [3.05, 3.63) is 35.4 Å². The van der Waals surface area contributed by atoms with Crippen LogP contribution in [-0.4, -0.2) is 6.29 Å². The van der Waals surface area contributed by atoms with Gasteiger partial charge in [-0.2, -0.15) is 0 Å². The Hall–Kier alpha value is -1.11. The predicted octanol–water partition coefficient (Wildman–Crippen LogP) is 2.73. The Balaban J connectivity index is 2.55. The standard InChI is InChI=1S/C13H16O/c1-10(2)13(9-14)8-7-11-5-3-4-6-12(11)13/h3-6,9-10H,7-8H2,1-2H3/t13-/m0/s1. The fraction of sp³-hybridized carbons (Fsp3) is 0.462. The highest BCUT2D eigenvalue weighted by Gasteiger charge is 2.40. The van der Waals surface area contributed by atoms with E-state index in [1.54, 1.807) is 0 Å². The number of fused-ring (bicyclic) bond motifs is 1. The molecule has 0 unspecified atom stereocenters. The minimum absolute atomic E-state index is 0.212. The molecular formula is C13H16O. The molecule has 0 aliphatic heterocycles. The average molecular weight is 188 g/mol. The van der Waals surface area contributed by atoms with Crippen LogP contribution in [0.1, 0.15) is 31.4 Å². The molecule has 0 spiro atoms. The van der Waals surface area contributed by atoms with E-state index in [1.165, 1.54) is 11.1 Å². The highest BCUT2D eigenvalue weighted by Crippen LogP contribution is 2.42. The van der Waals surface area contributed by atoms with Gasteiger partial charge in [0.25, 0.3) is 0 Å². The molecule has 1 aliphatic rings. The largest absolute Gasteiger partial charge is 0.302 e. The molecule has 74 valence electrons. The zero-order chi connectivity index (χ0) is 10.2. The molecule has 1 heteroatoms. The summed E-state index contributed by atoms with van der Waals surface area (Å²) in [5, 5.41) is 0. The van der Waals surface area contributed by atoms with E-state index in [1.807, 2.05) is 6.07 Å². The molecule has 0 saturated heterocycles. The third kappa shape index (κ3) is 1.12. The Kier molecular flexibility index (Phi) is 2.18. The van der Waals surface area contributed by atoms with E-state index in [2.05, 4.69) is 32.0 Å². The van der Waals surface area contributed by atoms with Crippen molar-refractivity contribution in [2.24, 2.45) is 5.92 Å². The van der Waals surface area contributed by atoms with Gasteiger partial charge in [-0.25, -0.2) is 0 Å². The Bertz CT molecular complexity index is 354. The fourth-order valence-electron chi connectivity index (χ4n) is 2.53. The maximum absolute atomic E-state index is 11.3. The van der Waals surface area contributed by atoms with Crippen LogP contribution in [0.3, 0.4) is 0 Å². The van der Waals surface area contributed by atoms with Gasteiger partial charge in [-0.3, -0.25) is 0 Å². The smallest absolute Gasteiger partial charge is 0.130 e. The van der Waals surface area contributed by atoms with Crippen molar-refractivity contribution in [1.82, 2.24) is 0 Å². The lowest BCUT2D eigenvalue weighted by atomic mass is 9.74. The minimum atomic E-state index is -0.212. The van der Waals surface area contributed by atoms with Crippen LogP contribution in [0.15, 0.2) is 24.3 Å². The van der Waals surface area contributed by atoms with Gasteiger partial charge < -0.3 is 4.79 Å². The van der Waals surface area contributed by atoms with Crippen LogP contribution in [0.4, 0.5) is 0 Å². The fourth-order valence-corrected chi connectivity index (χ4v) is 2.53. The van der Waals surface area contributed by atoms with E-state index in [0.717, 1.165) is 19.1 Å². The van der Waals surface area contributed by atoms with Gasteiger partial charge in [0.05, 0.1) is 5.41 Å². The Morgan fingerprint density at radius 2 is 2.07 bits per heavy atom. The van der Waals surface area contributed by atoms with Gasteiger partial charge in [-0.05, 0) is 29.9 Å². The maximum atomic E-state index is 11.3. The molecule has 0 bridgehead atoms. The van der Waals surface area contributed by atoms with E-state index >= 15 is 0 Å². The maximum Gasteiger partial charge on any atom is 0.130 e. The molecule has 0 saturated carbocycles. The average Bonchev–Trinajstić information content (AvgIpc) is 2.57. The van der Waals surface area contributed by atoms with Crippen molar-refractivity contribution in [2.75, 3.05) is 0 Å². The lowest BCUT2D eigenvalue weighted by Crippen LogP contribution is -2.31. The summed E-state index contributed by atoms with van der Waals surface area (Å²) < 4.78 is 0. The highest BCUT2D eigenvalue weighted by molar-refractivity contribution is 5.72. The van der Waals surface area contributed by atoms with E-state index < -0.39 is 0 Å². The van der Waals surface area contributed by atoms with Crippen LogP contribution in [0, 0.1) is 5.92 Å². The van der Waals surface area contributed by atoms with Crippen molar-refractivity contribution in [3.8, 4) is 0 Å². The number of aryl methyl sites for hydroxylation is 1. The van der Waals surface area contributed by atoms with Crippen LogP contribution in [-0.2, 0) is 16.6 Å². The van der Waals surface area contributed by atoms with Gasteiger partial charge in [0.2, 0.25) is 0 Å². The van der Waals surface area contributed by atoms with Crippen LogP contribution >= 0.6 is 0 Å². The summed E-state index contributed by atoms with van der Waals surface area (Å²) in [5.74, 6) is 0.392. The second-order valence-corrected chi connectivity index (χ2v) is 4.47. The molecule has 0 fully saturated rings. The molecule has 0 aromatic heterocycles. The normalized spacial score (nSPS) is 25.1. The molecule has 1 atom stereocenters. The number of hydrogen-bond donors (Lipinski definition) is 0. The first-order valence-electron chi connectivity index (χ1n) is 5.25. The molecule has 0 heterocycles. The number of rotatable bonds is 2. The third-order valence-electron chi connectivity index (χ3n) is 3.57. The monoisotopic (exact) mass is 188 g/mol. The van der Waals surface area contributed by atoms with Gasteiger partial charge in [0, 0.05) is 0 Å². The zero-order valence-corrected chi connectivity index (χ0v) is 8.79. The minimum Gasteiger partial charge on any atom is -0.302 e. The summed E-state index contributed by atoms with van der Waals surface area (Å²) in [6.45, 7) is 4.27. The van der Waals surface area contributed by atoms with Gasteiger partial charge in [0.1, 0.15) is 6.29 Å². The first-order chi connectivity index (χ1) is 6.70. The second kappa shape index (κ2) is 3.23. The van der Waals surface area contributed by atoms with Crippen molar-refractivity contribution in [2.45, 2.75) is 32.1 Å². The van der Waals surface area contributed by atoms with Crippen LogP contribution in [0.5, 0.6) is 0 Å². The van der Waals surface area contributed by atoms with E-state index in [-0.39, 0.29) is 5.41 Å². The van der Waals surface area contributed by atoms with E-state index in [4.69, 9.17) is 0 Å². The third-order valence-corrected chi connectivity index (χ3v) is 3.57. The molecule has 0 N–H and O–H groups in total. The van der Waals surface area contributed by atoms with Gasteiger partial charge >= 0.3 is 0 Å². The van der Waals surface area contributed by atoms with E-state index in [9.17, 15) is 4.79 Å². The summed E-state index contributed by atoms with van der Waals surface area (Å²) in [5.41, 5.74) is 2.40. The topological polar surface area (TPSA) is 17.1 Å². The van der Waals surface area contributed by atoms with Crippen molar-refractivity contribution in [1.29, 1.82) is 0 Å². The zero-order valence-electron chi connectivity index (χ0n) is 8.79. The first kappa shape index (κ1) is 9.45. The lowest BCUT2D eigenvalue weighted by molar-refractivity contribution is -0.114. The summed E-state index contributed by atoms with van der Waals surface area (Å²) >= 11 is 0. The Morgan fingerprint density at radius 1 is 1.36 bits per heavy atom. The van der Waals surface area contributed by atoms with Gasteiger partial charge in [-0.1, -0.05) is 38.1 Å². The number of carbonyl (C=O) groups excluding carboxylic acids is 1. The molecule has 0 amide bonds. The SMILES string of the molecule is CC(C)[C@@]1(C=O)CCc2ccccc21.